The summed E-state index contributed by atoms with van der Waals surface area (Å²) >= 11 is 8.88. The van der Waals surface area contributed by atoms with Crippen molar-refractivity contribution in [3.8, 4) is 34.5 Å². The number of halogens is 1. The first kappa shape index (κ1) is 40.1. The van der Waals surface area contributed by atoms with Crippen LogP contribution in [0.5, 0.6) is 23.1 Å². The molecule has 13 nitrogen and oxygen atoms in total. The Hall–Kier alpha value is -5.28. The van der Waals surface area contributed by atoms with Crippen molar-refractivity contribution in [2.75, 3.05) is 53.5 Å². The van der Waals surface area contributed by atoms with Crippen molar-refractivity contribution in [1.29, 1.82) is 0 Å². The highest BCUT2D eigenvalue weighted by Gasteiger charge is 2.37. The summed E-state index contributed by atoms with van der Waals surface area (Å²) in [5.41, 5.74) is 4.01. The van der Waals surface area contributed by atoms with Gasteiger partial charge >= 0.3 is 5.97 Å². The molecule has 15 heteroatoms. The number of fused-ring (bicyclic) bond motifs is 6. The summed E-state index contributed by atoms with van der Waals surface area (Å²) < 4.78 is 31.8. The topological polar surface area (TPSA) is 141 Å². The van der Waals surface area contributed by atoms with Gasteiger partial charge in [-0.2, -0.15) is 0 Å². The van der Waals surface area contributed by atoms with Crippen LogP contribution in [0.1, 0.15) is 59.7 Å². The van der Waals surface area contributed by atoms with E-state index >= 15 is 0 Å². The molecule has 60 heavy (non-hydrogen) atoms. The number of carboxylic acids is 1. The highest BCUT2D eigenvalue weighted by Crippen LogP contribution is 2.54. The molecule has 3 aliphatic heterocycles. The fourth-order valence-corrected chi connectivity index (χ4v) is 9.78. The van der Waals surface area contributed by atoms with E-state index in [1.54, 1.807) is 36.8 Å². The normalized spacial score (nSPS) is 21.4. The number of likely N-dealkylation sites (N-methyl/N-ethyl adjacent to an activating group) is 1. The van der Waals surface area contributed by atoms with Gasteiger partial charge in [-0.15, -0.1) is 11.3 Å². The van der Waals surface area contributed by atoms with Crippen LogP contribution in [0.15, 0.2) is 83.5 Å². The minimum absolute atomic E-state index is 0.0420. The van der Waals surface area contributed by atoms with Gasteiger partial charge in [-0.25, -0.2) is 24.7 Å². The van der Waals surface area contributed by atoms with Gasteiger partial charge in [-0.1, -0.05) is 23.7 Å². The standard InChI is InChI=1S/C45H47ClN6O7S/c1-26-32-11-13-36(40(26)46)58-31(22-52-18-16-51(2)17-19-52)24-56-30-10-12-34(57-23-29-14-15-47-42(50-29)33-6-4-5-7-35(33)55-3)28(20-30)21-37(45(53)54)59-43-39-38(32)41(27-8-9-27)60-44(39)49-25-48-43/h4-7,10,12-15,20,25,27,31-32,37H,8-9,11,16-19,21-24H2,1-3H3,(H,53,54)/t31-,32?,37+/m1/s1. The number of benzene rings is 2. The summed E-state index contributed by atoms with van der Waals surface area (Å²) in [6.07, 6.45) is 6.31. The van der Waals surface area contributed by atoms with E-state index < -0.39 is 12.1 Å². The van der Waals surface area contributed by atoms with Crippen molar-refractivity contribution in [3.05, 3.63) is 105 Å². The Morgan fingerprint density at radius 1 is 1.03 bits per heavy atom. The van der Waals surface area contributed by atoms with Crippen LogP contribution in [0, 0.1) is 0 Å². The largest absolute Gasteiger partial charge is 0.496 e. The minimum atomic E-state index is -1.32. The fourth-order valence-electron chi connectivity index (χ4n) is 8.16. The van der Waals surface area contributed by atoms with Gasteiger partial charge in [0.2, 0.25) is 12.0 Å². The van der Waals surface area contributed by atoms with Crippen molar-refractivity contribution >= 4 is 39.1 Å². The van der Waals surface area contributed by atoms with Gasteiger partial charge in [0.15, 0.2) is 5.82 Å². The second-order valence-electron chi connectivity index (χ2n) is 15.8. The number of carboxylic acid groups (broad SMARTS) is 1. The summed E-state index contributed by atoms with van der Waals surface area (Å²) in [5, 5.41) is 12.1. The number of nitrogens with zero attached hydrogens (tertiary/aromatic N) is 6. The number of ether oxygens (including phenoxy) is 5. The molecular weight excluding hydrogens is 804 g/mol. The van der Waals surface area contributed by atoms with E-state index in [1.165, 1.54) is 11.2 Å². The van der Waals surface area contributed by atoms with Gasteiger partial charge in [-0.3, -0.25) is 4.90 Å². The molecular formula is C45H47ClN6O7S. The van der Waals surface area contributed by atoms with Crippen molar-refractivity contribution in [3.63, 3.8) is 0 Å². The molecule has 4 bridgehead atoms. The fraction of sp³-hybridized carbons (Fsp3) is 0.400. The van der Waals surface area contributed by atoms with Crippen LogP contribution in [0.2, 0.25) is 0 Å². The first-order valence-corrected chi connectivity index (χ1v) is 21.6. The van der Waals surface area contributed by atoms with Crippen molar-refractivity contribution in [2.45, 2.75) is 63.3 Å². The predicted octanol–water partition coefficient (Wildman–Crippen LogP) is 7.60. The SMILES string of the molecule is COc1ccccc1-c1nccc(COc2ccc3cc2C[C@@H](C(=O)O)Oc2ncnc4sc(C5CC5)c(c24)C2CC=C(O[C@H](CN4CCN(C)CC4)CO3)C(Cl)=C2C)n1. The zero-order chi connectivity index (χ0) is 41.3. The molecule has 1 N–H and O–H groups in total. The van der Waals surface area contributed by atoms with Crippen molar-refractivity contribution < 1.29 is 33.6 Å². The lowest BCUT2D eigenvalue weighted by molar-refractivity contribution is -0.145. The Balaban J connectivity index is 1.09. The number of allylic oxidation sites excluding steroid dienone is 3. The number of aromatic nitrogens is 4. The Morgan fingerprint density at radius 2 is 1.87 bits per heavy atom. The maximum absolute atomic E-state index is 13.2. The monoisotopic (exact) mass is 850 g/mol. The van der Waals surface area contributed by atoms with E-state index in [4.69, 9.17) is 40.3 Å². The van der Waals surface area contributed by atoms with Gasteiger partial charge < -0.3 is 33.7 Å². The summed E-state index contributed by atoms with van der Waals surface area (Å²) in [5.74, 6) is 2.21. The maximum atomic E-state index is 13.2. The molecule has 6 heterocycles. The molecule has 2 fully saturated rings. The summed E-state index contributed by atoms with van der Waals surface area (Å²) in [7, 11) is 3.75. The zero-order valence-electron chi connectivity index (χ0n) is 33.8. The van der Waals surface area contributed by atoms with Crippen LogP contribution >= 0.6 is 22.9 Å². The third-order valence-electron chi connectivity index (χ3n) is 11.6. The lowest BCUT2D eigenvalue weighted by Gasteiger charge is -2.35. The maximum Gasteiger partial charge on any atom is 0.345 e. The van der Waals surface area contributed by atoms with Gasteiger partial charge in [0.25, 0.3) is 0 Å². The second-order valence-corrected chi connectivity index (χ2v) is 17.2. The van der Waals surface area contributed by atoms with Crippen LogP contribution in [0.3, 0.4) is 0 Å². The molecule has 0 radical (unpaired) electrons. The minimum Gasteiger partial charge on any atom is -0.496 e. The molecule has 10 rings (SSSR count). The molecule has 0 amide bonds. The molecule has 1 unspecified atom stereocenters. The lowest BCUT2D eigenvalue weighted by atomic mass is 9.83. The smallest absolute Gasteiger partial charge is 0.345 e. The number of carbonyl (C=O) groups is 1. The molecule has 1 saturated carbocycles. The number of thiophene rings is 1. The van der Waals surface area contributed by atoms with E-state index in [2.05, 4.69) is 44.8 Å². The van der Waals surface area contributed by atoms with E-state index in [0.29, 0.717) is 64.0 Å². The lowest BCUT2D eigenvalue weighted by Crippen LogP contribution is -2.48. The summed E-state index contributed by atoms with van der Waals surface area (Å²) in [6, 6.07) is 14.8. The highest BCUT2D eigenvalue weighted by molar-refractivity contribution is 7.19. The predicted molar refractivity (Wildman–Crippen MR) is 228 cm³/mol. The molecule has 0 spiro atoms. The number of hydrogen-bond acceptors (Lipinski definition) is 13. The number of piperazine rings is 1. The van der Waals surface area contributed by atoms with Crippen molar-refractivity contribution in [1.82, 2.24) is 29.7 Å². The Kier molecular flexibility index (Phi) is 11.6. The first-order chi connectivity index (χ1) is 29.2. The van der Waals surface area contributed by atoms with E-state index in [-0.39, 0.29) is 37.5 Å². The molecule has 2 aromatic carbocycles. The van der Waals surface area contributed by atoms with Gasteiger partial charge in [0, 0.05) is 61.7 Å². The number of aliphatic carboxylic acids is 1. The van der Waals surface area contributed by atoms with E-state index in [1.807, 2.05) is 36.4 Å². The second kappa shape index (κ2) is 17.4. The van der Waals surface area contributed by atoms with Gasteiger partial charge in [0.1, 0.15) is 53.5 Å². The van der Waals surface area contributed by atoms with Crippen LogP contribution in [0.4, 0.5) is 0 Å². The summed E-state index contributed by atoms with van der Waals surface area (Å²) in [6.45, 7) is 6.80. The molecule has 5 aromatic rings. The van der Waals surface area contributed by atoms with E-state index in [0.717, 1.165) is 65.9 Å². The molecule has 312 valence electrons. The van der Waals surface area contributed by atoms with Gasteiger partial charge in [-0.05, 0) is 92.8 Å². The number of rotatable bonds is 9. The molecule has 3 aromatic heterocycles. The number of para-hydroxylation sites is 1. The Bertz CT molecular complexity index is 2460. The van der Waals surface area contributed by atoms with Crippen LogP contribution in [-0.2, 0) is 22.6 Å². The molecule has 2 aliphatic carbocycles. The van der Waals surface area contributed by atoms with Crippen LogP contribution < -0.4 is 18.9 Å². The average molecular weight is 851 g/mol. The molecule has 5 aliphatic rings. The number of hydrogen-bond donors (Lipinski definition) is 1. The molecule has 3 atom stereocenters. The Labute approximate surface area is 357 Å². The third kappa shape index (κ3) is 8.51. The highest BCUT2D eigenvalue weighted by atomic mass is 35.5. The third-order valence-corrected chi connectivity index (χ3v) is 13.4. The number of methoxy groups -OCH3 is 1. The average Bonchev–Trinajstić information content (AvgIpc) is 4.04. The molecule has 1 saturated heterocycles. The van der Waals surface area contributed by atoms with E-state index in [9.17, 15) is 9.90 Å². The van der Waals surface area contributed by atoms with Crippen LogP contribution in [-0.4, -0.2) is 107 Å². The Morgan fingerprint density at radius 3 is 2.67 bits per heavy atom. The zero-order valence-corrected chi connectivity index (χ0v) is 35.4. The van der Waals surface area contributed by atoms with Crippen molar-refractivity contribution in [2.24, 2.45) is 0 Å². The summed E-state index contributed by atoms with van der Waals surface area (Å²) in [4.78, 5) is 38.4. The van der Waals surface area contributed by atoms with Gasteiger partial charge in [0.05, 0.1) is 28.8 Å². The quantitative estimate of drug-likeness (QED) is 0.156. The van der Waals surface area contributed by atoms with Crippen LogP contribution in [0.25, 0.3) is 21.6 Å². The first-order valence-electron chi connectivity index (χ1n) is 20.4.